The fourth-order valence-corrected chi connectivity index (χ4v) is 2.00. The molecule has 7 heteroatoms. The SMILES string of the molecule is Cc1ccc(S(C)(=O)=O)cc1C(=O)NCCN.Cl. The molecule has 0 fully saturated rings. The minimum Gasteiger partial charge on any atom is -0.351 e. The molecule has 1 rings (SSSR count). The van der Waals surface area contributed by atoms with E-state index in [0.717, 1.165) is 11.8 Å². The molecule has 102 valence electrons. The predicted octanol–water partition coefficient (Wildman–Crippen LogP) is 0.509. The molecule has 5 nitrogen and oxygen atoms in total. The summed E-state index contributed by atoms with van der Waals surface area (Å²) < 4.78 is 22.8. The maximum absolute atomic E-state index is 11.7. The number of nitrogens with two attached hydrogens (primary N) is 1. The first-order valence-electron chi connectivity index (χ1n) is 5.15. The summed E-state index contributed by atoms with van der Waals surface area (Å²) >= 11 is 0. The minimum absolute atomic E-state index is 0. The number of sulfone groups is 1. The van der Waals surface area contributed by atoms with Gasteiger partial charge in [0.1, 0.15) is 0 Å². The van der Waals surface area contributed by atoms with Gasteiger partial charge in [-0.1, -0.05) is 6.07 Å². The Morgan fingerprint density at radius 2 is 2.00 bits per heavy atom. The number of hydrogen-bond donors (Lipinski definition) is 2. The van der Waals surface area contributed by atoms with Gasteiger partial charge in [-0.15, -0.1) is 12.4 Å². The summed E-state index contributed by atoms with van der Waals surface area (Å²) in [5.41, 5.74) is 6.37. The quantitative estimate of drug-likeness (QED) is 0.846. The van der Waals surface area contributed by atoms with E-state index >= 15 is 0 Å². The number of amides is 1. The normalized spacial score (nSPS) is 10.6. The van der Waals surface area contributed by atoms with Crippen LogP contribution in [-0.4, -0.2) is 33.7 Å². The van der Waals surface area contributed by atoms with E-state index < -0.39 is 9.84 Å². The average Bonchev–Trinajstić information content (AvgIpc) is 2.24. The molecule has 0 heterocycles. The maximum atomic E-state index is 11.7. The Hall–Kier alpha value is -1.11. The predicted molar refractivity (Wildman–Crippen MR) is 72.9 cm³/mol. The van der Waals surface area contributed by atoms with Crippen LogP contribution in [0.4, 0.5) is 0 Å². The average molecular weight is 293 g/mol. The smallest absolute Gasteiger partial charge is 0.251 e. The van der Waals surface area contributed by atoms with E-state index in [1.54, 1.807) is 13.0 Å². The molecular formula is C11H17ClN2O3S. The van der Waals surface area contributed by atoms with E-state index in [9.17, 15) is 13.2 Å². The largest absolute Gasteiger partial charge is 0.351 e. The molecule has 1 aromatic rings. The van der Waals surface area contributed by atoms with E-state index in [4.69, 9.17) is 5.73 Å². The Bertz CT molecular complexity index is 529. The summed E-state index contributed by atoms with van der Waals surface area (Å²) in [5, 5.41) is 2.61. The van der Waals surface area contributed by atoms with Gasteiger partial charge in [-0.25, -0.2) is 8.42 Å². The third kappa shape index (κ3) is 4.29. The summed E-state index contributed by atoms with van der Waals surface area (Å²) in [6, 6.07) is 4.49. The molecule has 1 aromatic carbocycles. The standard InChI is InChI=1S/C11H16N2O3S.ClH/c1-8-3-4-9(17(2,15)16)7-10(8)11(14)13-6-5-12;/h3-4,7H,5-6,12H2,1-2H3,(H,13,14);1H. The molecule has 0 aliphatic carbocycles. The molecule has 0 aliphatic rings. The van der Waals surface area contributed by atoms with Gasteiger partial charge < -0.3 is 11.1 Å². The molecule has 0 saturated carbocycles. The number of carbonyl (C=O) groups is 1. The monoisotopic (exact) mass is 292 g/mol. The lowest BCUT2D eigenvalue weighted by atomic mass is 10.1. The van der Waals surface area contributed by atoms with Crippen LogP contribution in [0.1, 0.15) is 15.9 Å². The van der Waals surface area contributed by atoms with Crippen LogP contribution in [-0.2, 0) is 9.84 Å². The zero-order valence-electron chi connectivity index (χ0n) is 10.3. The van der Waals surface area contributed by atoms with Crippen molar-refractivity contribution in [3.05, 3.63) is 29.3 Å². The molecule has 0 aliphatic heterocycles. The molecule has 0 bridgehead atoms. The Morgan fingerprint density at radius 3 is 2.50 bits per heavy atom. The minimum atomic E-state index is -3.30. The lowest BCUT2D eigenvalue weighted by Crippen LogP contribution is -2.29. The highest BCUT2D eigenvalue weighted by Gasteiger charge is 2.13. The van der Waals surface area contributed by atoms with Gasteiger partial charge in [0.2, 0.25) is 0 Å². The van der Waals surface area contributed by atoms with Gasteiger partial charge >= 0.3 is 0 Å². The number of carbonyl (C=O) groups excluding carboxylic acids is 1. The van der Waals surface area contributed by atoms with Crippen molar-refractivity contribution < 1.29 is 13.2 Å². The lowest BCUT2D eigenvalue weighted by Gasteiger charge is -2.08. The van der Waals surface area contributed by atoms with Crippen molar-refractivity contribution in [2.75, 3.05) is 19.3 Å². The number of nitrogens with one attached hydrogen (secondary N) is 1. The molecule has 0 radical (unpaired) electrons. The van der Waals surface area contributed by atoms with Crippen molar-refractivity contribution in [2.45, 2.75) is 11.8 Å². The highest BCUT2D eigenvalue weighted by atomic mass is 35.5. The second kappa shape index (κ2) is 6.72. The number of hydrogen-bond acceptors (Lipinski definition) is 4. The van der Waals surface area contributed by atoms with Crippen molar-refractivity contribution >= 4 is 28.2 Å². The fourth-order valence-electron chi connectivity index (χ4n) is 1.36. The molecule has 3 N–H and O–H groups in total. The molecule has 1 amide bonds. The molecule has 0 spiro atoms. The van der Waals surface area contributed by atoms with Crippen LogP contribution in [0.25, 0.3) is 0 Å². The van der Waals surface area contributed by atoms with Crippen molar-refractivity contribution in [3.8, 4) is 0 Å². The maximum Gasteiger partial charge on any atom is 0.251 e. The summed E-state index contributed by atoms with van der Waals surface area (Å²) in [6.45, 7) is 2.46. The Balaban J connectivity index is 0.00000289. The third-order valence-corrected chi connectivity index (χ3v) is 3.42. The molecule has 0 unspecified atom stereocenters. The molecule has 18 heavy (non-hydrogen) atoms. The summed E-state index contributed by atoms with van der Waals surface area (Å²) in [7, 11) is -3.30. The fraction of sp³-hybridized carbons (Fsp3) is 0.364. The van der Waals surface area contributed by atoms with Crippen LogP contribution < -0.4 is 11.1 Å². The van der Waals surface area contributed by atoms with Crippen molar-refractivity contribution in [1.82, 2.24) is 5.32 Å². The molecule has 0 aromatic heterocycles. The highest BCUT2D eigenvalue weighted by molar-refractivity contribution is 7.90. The van der Waals surface area contributed by atoms with Gasteiger partial charge in [0.05, 0.1) is 4.90 Å². The van der Waals surface area contributed by atoms with E-state index in [1.807, 2.05) is 0 Å². The summed E-state index contributed by atoms with van der Waals surface area (Å²) in [5.74, 6) is -0.307. The lowest BCUT2D eigenvalue weighted by molar-refractivity contribution is 0.0954. The molecule has 0 atom stereocenters. The Kier molecular flexibility index (Phi) is 6.31. The first kappa shape index (κ1) is 16.9. The van der Waals surface area contributed by atoms with Crippen molar-refractivity contribution in [2.24, 2.45) is 5.73 Å². The van der Waals surface area contributed by atoms with Gasteiger partial charge in [-0.05, 0) is 24.6 Å². The highest BCUT2D eigenvalue weighted by Crippen LogP contribution is 2.15. The summed E-state index contributed by atoms with van der Waals surface area (Å²) in [4.78, 5) is 11.9. The van der Waals surface area contributed by atoms with Gasteiger partial charge in [-0.3, -0.25) is 4.79 Å². The van der Waals surface area contributed by atoms with E-state index in [-0.39, 0.29) is 23.2 Å². The van der Waals surface area contributed by atoms with E-state index in [1.165, 1.54) is 12.1 Å². The second-order valence-corrected chi connectivity index (χ2v) is 5.81. The van der Waals surface area contributed by atoms with Crippen LogP contribution in [0.5, 0.6) is 0 Å². The molecular weight excluding hydrogens is 276 g/mol. The Labute approximate surface area is 113 Å². The Morgan fingerprint density at radius 1 is 1.39 bits per heavy atom. The molecule has 0 saturated heterocycles. The number of rotatable bonds is 4. The van der Waals surface area contributed by atoms with Crippen LogP contribution in [0.2, 0.25) is 0 Å². The number of halogens is 1. The van der Waals surface area contributed by atoms with Gasteiger partial charge in [0.25, 0.3) is 5.91 Å². The first-order chi connectivity index (χ1) is 7.86. The first-order valence-corrected chi connectivity index (χ1v) is 7.04. The topological polar surface area (TPSA) is 89.3 Å². The van der Waals surface area contributed by atoms with E-state index in [0.29, 0.717) is 18.7 Å². The van der Waals surface area contributed by atoms with Crippen LogP contribution in [0, 0.1) is 6.92 Å². The zero-order chi connectivity index (χ0) is 13.1. The second-order valence-electron chi connectivity index (χ2n) is 3.79. The van der Waals surface area contributed by atoms with Crippen molar-refractivity contribution in [1.29, 1.82) is 0 Å². The summed E-state index contributed by atoms with van der Waals surface area (Å²) in [6.07, 6.45) is 1.11. The number of benzene rings is 1. The van der Waals surface area contributed by atoms with Gasteiger partial charge in [0.15, 0.2) is 9.84 Å². The van der Waals surface area contributed by atoms with Crippen LogP contribution in [0.3, 0.4) is 0 Å². The van der Waals surface area contributed by atoms with Crippen molar-refractivity contribution in [3.63, 3.8) is 0 Å². The van der Waals surface area contributed by atoms with Gasteiger partial charge in [0, 0.05) is 24.9 Å². The number of aryl methyl sites for hydroxylation is 1. The van der Waals surface area contributed by atoms with Gasteiger partial charge in [-0.2, -0.15) is 0 Å². The van der Waals surface area contributed by atoms with Crippen LogP contribution in [0.15, 0.2) is 23.1 Å². The third-order valence-electron chi connectivity index (χ3n) is 2.31. The zero-order valence-corrected chi connectivity index (χ0v) is 11.9. The van der Waals surface area contributed by atoms with Crippen LogP contribution >= 0.6 is 12.4 Å². The van der Waals surface area contributed by atoms with E-state index in [2.05, 4.69) is 5.32 Å².